The van der Waals surface area contributed by atoms with Gasteiger partial charge in [0.25, 0.3) is 5.91 Å². The van der Waals surface area contributed by atoms with Crippen LogP contribution in [0.3, 0.4) is 0 Å². The van der Waals surface area contributed by atoms with E-state index in [1.165, 1.54) is 0 Å². The first-order valence-electron chi connectivity index (χ1n) is 8.57. The average molecular weight is 331 g/mol. The minimum Gasteiger partial charge on any atom is -0.351 e. The lowest BCUT2D eigenvalue weighted by Crippen LogP contribution is -2.42. The van der Waals surface area contributed by atoms with Gasteiger partial charge in [0.05, 0.1) is 16.6 Å². The van der Waals surface area contributed by atoms with Crippen molar-refractivity contribution in [2.45, 2.75) is 53.6 Å². The lowest BCUT2D eigenvalue weighted by Gasteiger charge is -2.30. The van der Waals surface area contributed by atoms with Crippen molar-refractivity contribution in [1.29, 1.82) is 0 Å². The van der Waals surface area contributed by atoms with Gasteiger partial charge in [0, 0.05) is 37.9 Å². The minimum atomic E-state index is -0.0611. The fourth-order valence-electron chi connectivity index (χ4n) is 3.26. The summed E-state index contributed by atoms with van der Waals surface area (Å²) in [5.74, 6) is -0.0611. The zero-order valence-electron chi connectivity index (χ0n) is 15.8. The Kier molecular flexibility index (Phi) is 5.59. The van der Waals surface area contributed by atoms with Crippen LogP contribution in [0.5, 0.6) is 0 Å². The molecule has 0 bridgehead atoms. The maximum Gasteiger partial charge on any atom is 0.252 e. The number of nitrogens with one attached hydrogen (secondary N) is 1. The van der Waals surface area contributed by atoms with Gasteiger partial charge < -0.3 is 5.32 Å². The van der Waals surface area contributed by atoms with Crippen LogP contribution in [0.15, 0.2) is 6.07 Å². The third-order valence-electron chi connectivity index (χ3n) is 4.32. The fourth-order valence-corrected chi connectivity index (χ4v) is 3.26. The maximum absolute atomic E-state index is 12.7. The van der Waals surface area contributed by atoms with Crippen LogP contribution in [0.2, 0.25) is 0 Å². The molecule has 0 fully saturated rings. The smallest absolute Gasteiger partial charge is 0.252 e. The molecule has 0 aliphatic heterocycles. The number of aryl methyl sites for hydroxylation is 3. The zero-order valence-corrected chi connectivity index (χ0v) is 15.8. The van der Waals surface area contributed by atoms with Crippen LogP contribution in [0.1, 0.15) is 49.4 Å². The van der Waals surface area contributed by atoms with E-state index >= 15 is 0 Å². The Bertz CT molecular complexity index is 725. The second-order valence-corrected chi connectivity index (χ2v) is 6.90. The summed E-state index contributed by atoms with van der Waals surface area (Å²) in [7, 11) is 1.85. The van der Waals surface area contributed by atoms with Crippen molar-refractivity contribution in [3.8, 4) is 0 Å². The molecule has 0 aliphatic rings. The highest BCUT2D eigenvalue weighted by Gasteiger charge is 2.18. The Morgan fingerprint density at radius 1 is 1.25 bits per heavy atom. The molecule has 1 amide bonds. The van der Waals surface area contributed by atoms with Gasteiger partial charge in [-0.1, -0.05) is 0 Å². The molecule has 6 heteroatoms. The first-order chi connectivity index (χ1) is 11.2. The number of carbonyl (C=O) groups is 1. The number of hydrogen-bond acceptors (Lipinski definition) is 4. The predicted molar refractivity (Wildman–Crippen MR) is 97.3 cm³/mol. The summed E-state index contributed by atoms with van der Waals surface area (Å²) in [6.07, 6.45) is 0. The quantitative estimate of drug-likeness (QED) is 0.883. The van der Waals surface area contributed by atoms with E-state index in [1.54, 1.807) is 4.68 Å². The fraction of sp³-hybridized carbons (Fsp3) is 0.611. The van der Waals surface area contributed by atoms with Crippen LogP contribution in [-0.2, 0) is 7.05 Å². The van der Waals surface area contributed by atoms with Gasteiger partial charge in [0.15, 0.2) is 5.65 Å². The zero-order chi connectivity index (χ0) is 18.0. The minimum absolute atomic E-state index is 0.0611. The van der Waals surface area contributed by atoms with Crippen LogP contribution in [0.4, 0.5) is 0 Å². The molecule has 0 spiro atoms. The van der Waals surface area contributed by atoms with E-state index in [2.05, 4.69) is 48.0 Å². The Labute approximate surface area is 144 Å². The van der Waals surface area contributed by atoms with E-state index in [4.69, 9.17) is 0 Å². The summed E-state index contributed by atoms with van der Waals surface area (Å²) < 4.78 is 1.73. The van der Waals surface area contributed by atoms with Crippen molar-refractivity contribution in [3.05, 3.63) is 23.0 Å². The van der Waals surface area contributed by atoms with Crippen molar-refractivity contribution in [2.75, 3.05) is 13.1 Å². The van der Waals surface area contributed by atoms with Crippen LogP contribution in [0.25, 0.3) is 11.0 Å². The third kappa shape index (κ3) is 3.75. The number of amides is 1. The van der Waals surface area contributed by atoms with E-state index in [0.29, 0.717) is 24.2 Å². The van der Waals surface area contributed by atoms with Crippen molar-refractivity contribution in [3.63, 3.8) is 0 Å². The number of fused-ring (bicyclic) bond motifs is 1. The summed E-state index contributed by atoms with van der Waals surface area (Å²) in [6.45, 7) is 14.0. The Hall–Kier alpha value is -1.95. The van der Waals surface area contributed by atoms with Crippen LogP contribution in [0, 0.1) is 13.8 Å². The average Bonchev–Trinajstić information content (AvgIpc) is 2.76. The molecule has 6 nitrogen and oxygen atoms in total. The molecule has 0 saturated carbocycles. The number of carbonyl (C=O) groups excluding carboxylic acids is 1. The Balaban J connectivity index is 2.17. The SMILES string of the molecule is Cc1cc(C(=O)NCCN(C(C)C)C(C)C)c2c(C)nn(C)c2n1. The van der Waals surface area contributed by atoms with E-state index in [-0.39, 0.29) is 5.91 Å². The number of aromatic nitrogens is 3. The molecule has 0 aromatic carbocycles. The third-order valence-corrected chi connectivity index (χ3v) is 4.32. The second kappa shape index (κ2) is 7.30. The number of pyridine rings is 1. The van der Waals surface area contributed by atoms with Crippen LogP contribution >= 0.6 is 0 Å². The number of rotatable bonds is 6. The van der Waals surface area contributed by atoms with E-state index in [1.807, 2.05) is 27.0 Å². The first-order valence-corrected chi connectivity index (χ1v) is 8.57. The molecule has 0 aliphatic carbocycles. The van der Waals surface area contributed by atoms with E-state index < -0.39 is 0 Å². The molecular formula is C18H29N5O. The van der Waals surface area contributed by atoms with Gasteiger partial charge in [-0.05, 0) is 47.6 Å². The molecule has 2 aromatic rings. The Morgan fingerprint density at radius 2 is 1.88 bits per heavy atom. The summed E-state index contributed by atoms with van der Waals surface area (Å²) in [5.41, 5.74) is 3.06. The van der Waals surface area contributed by atoms with Gasteiger partial charge in [-0.2, -0.15) is 5.10 Å². The molecule has 1 N–H and O–H groups in total. The molecule has 0 radical (unpaired) electrons. The molecule has 132 valence electrons. The van der Waals surface area contributed by atoms with Gasteiger partial charge in [-0.3, -0.25) is 14.4 Å². The lowest BCUT2D eigenvalue weighted by atomic mass is 10.1. The van der Waals surface area contributed by atoms with Crippen molar-refractivity contribution >= 4 is 16.9 Å². The van der Waals surface area contributed by atoms with Crippen LogP contribution in [-0.4, -0.2) is 50.7 Å². The first kappa shape index (κ1) is 18.4. The summed E-state index contributed by atoms with van der Waals surface area (Å²) in [6, 6.07) is 2.75. The van der Waals surface area contributed by atoms with Gasteiger partial charge in [-0.25, -0.2) is 4.98 Å². The molecule has 2 rings (SSSR count). The molecule has 0 unspecified atom stereocenters. The van der Waals surface area contributed by atoms with Gasteiger partial charge >= 0.3 is 0 Å². The maximum atomic E-state index is 12.7. The number of hydrogen-bond donors (Lipinski definition) is 1. The van der Waals surface area contributed by atoms with Gasteiger partial charge in [0.1, 0.15) is 0 Å². The van der Waals surface area contributed by atoms with Crippen molar-refractivity contribution in [2.24, 2.45) is 7.05 Å². The second-order valence-electron chi connectivity index (χ2n) is 6.90. The summed E-state index contributed by atoms with van der Waals surface area (Å²) >= 11 is 0. The molecule has 0 saturated heterocycles. The highest BCUT2D eigenvalue weighted by atomic mass is 16.1. The molecule has 2 aromatic heterocycles. The van der Waals surface area contributed by atoms with E-state index in [9.17, 15) is 4.79 Å². The number of nitrogens with zero attached hydrogens (tertiary/aromatic N) is 4. The topological polar surface area (TPSA) is 63.1 Å². The molecule has 2 heterocycles. The van der Waals surface area contributed by atoms with Gasteiger partial charge in [-0.15, -0.1) is 0 Å². The lowest BCUT2D eigenvalue weighted by molar-refractivity contribution is 0.0941. The summed E-state index contributed by atoms with van der Waals surface area (Å²) in [4.78, 5) is 19.6. The van der Waals surface area contributed by atoms with Crippen molar-refractivity contribution in [1.82, 2.24) is 25.0 Å². The highest BCUT2D eigenvalue weighted by molar-refractivity contribution is 6.06. The van der Waals surface area contributed by atoms with Crippen molar-refractivity contribution < 1.29 is 4.79 Å². The molecule has 0 atom stereocenters. The van der Waals surface area contributed by atoms with Crippen LogP contribution < -0.4 is 5.32 Å². The highest BCUT2D eigenvalue weighted by Crippen LogP contribution is 2.21. The summed E-state index contributed by atoms with van der Waals surface area (Å²) in [5, 5.41) is 8.28. The predicted octanol–water partition coefficient (Wildman–Crippen LogP) is 2.43. The largest absolute Gasteiger partial charge is 0.351 e. The van der Waals surface area contributed by atoms with Gasteiger partial charge in [0.2, 0.25) is 0 Å². The molecular weight excluding hydrogens is 302 g/mol. The Morgan fingerprint density at radius 3 is 2.46 bits per heavy atom. The molecule has 24 heavy (non-hydrogen) atoms. The normalized spacial score (nSPS) is 11.9. The monoisotopic (exact) mass is 331 g/mol. The standard InChI is InChI=1S/C18H29N5O/c1-11(2)23(12(3)4)9-8-19-18(24)15-10-13(5)20-17-16(15)14(6)21-22(17)7/h10-12H,8-9H2,1-7H3,(H,19,24). The van der Waals surface area contributed by atoms with E-state index in [0.717, 1.165) is 29.0 Å².